The fourth-order valence-corrected chi connectivity index (χ4v) is 3.38. The highest BCUT2D eigenvalue weighted by molar-refractivity contribution is 9.10. The van der Waals surface area contributed by atoms with Crippen LogP contribution in [0.5, 0.6) is 0 Å². The van der Waals surface area contributed by atoms with Gasteiger partial charge >= 0.3 is 0 Å². The first-order valence-corrected chi connectivity index (χ1v) is 7.28. The second-order valence-corrected chi connectivity index (χ2v) is 5.85. The van der Waals surface area contributed by atoms with Crippen molar-refractivity contribution in [2.75, 3.05) is 0 Å². The van der Waals surface area contributed by atoms with Gasteiger partial charge in [0.15, 0.2) is 0 Å². The smallest absolute Gasteiger partial charge is 0.113 e. The minimum absolute atomic E-state index is 1.09. The molecule has 0 N–H and O–H groups in total. The summed E-state index contributed by atoms with van der Waals surface area (Å²) in [5.74, 6) is 1.23. The monoisotopic (exact) mass is 304 g/mol. The van der Waals surface area contributed by atoms with E-state index in [0.29, 0.717) is 0 Å². The lowest BCUT2D eigenvalue weighted by molar-refractivity contribution is 0.516. The molecule has 0 spiro atoms. The van der Waals surface area contributed by atoms with Crippen molar-refractivity contribution in [3.63, 3.8) is 0 Å². The van der Waals surface area contributed by atoms with Crippen LogP contribution in [0.1, 0.15) is 29.8 Å². The molecule has 0 aliphatic carbocycles. The van der Waals surface area contributed by atoms with E-state index in [9.17, 15) is 0 Å². The molecule has 1 aliphatic heterocycles. The molecule has 94 valence electrons. The number of fused-ring (bicyclic) bond motifs is 1. The first-order chi connectivity index (χ1) is 8.66. The summed E-state index contributed by atoms with van der Waals surface area (Å²) in [5.41, 5.74) is 4.95. The first kappa shape index (κ1) is 12.0. The quantitative estimate of drug-likeness (QED) is 0.769. The summed E-state index contributed by atoms with van der Waals surface area (Å²) in [6, 6.07) is 6.57. The Morgan fingerprint density at radius 2 is 2.06 bits per heavy atom. The molecule has 2 nitrogen and oxygen atoms in total. The molecule has 0 atom stereocenters. The van der Waals surface area contributed by atoms with E-state index < -0.39 is 0 Å². The Hall–Kier alpha value is -1.09. The predicted molar refractivity (Wildman–Crippen MR) is 77.8 cm³/mol. The zero-order valence-corrected chi connectivity index (χ0v) is 12.4. The molecule has 3 heteroatoms. The summed E-state index contributed by atoms with van der Waals surface area (Å²) in [6.07, 6.45) is 3.62. The third-order valence-corrected chi connectivity index (χ3v) is 4.46. The first-order valence-electron chi connectivity index (χ1n) is 6.49. The van der Waals surface area contributed by atoms with Gasteiger partial charge in [-0.2, -0.15) is 0 Å². The Labute approximate surface area is 116 Å². The number of aromatic nitrogens is 2. The van der Waals surface area contributed by atoms with Crippen LogP contribution in [0.15, 0.2) is 22.8 Å². The van der Waals surface area contributed by atoms with E-state index in [2.05, 4.69) is 52.5 Å². The molecule has 0 saturated heterocycles. The number of nitrogens with zero attached hydrogens (tertiary/aromatic N) is 2. The van der Waals surface area contributed by atoms with Gasteiger partial charge in [0.1, 0.15) is 16.1 Å². The molecule has 1 aromatic carbocycles. The maximum Gasteiger partial charge on any atom is 0.113 e. The fraction of sp³-hybridized carbons (Fsp3) is 0.400. The van der Waals surface area contributed by atoms with Crippen LogP contribution in [0, 0.1) is 13.8 Å². The van der Waals surface area contributed by atoms with Crippen molar-refractivity contribution in [3.05, 3.63) is 39.8 Å². The van der Waals surface area contributed by atoms with E-state index in [1.54, 1.807) is 0 Å². The molecule has 2 aromatic rings. The molecule has 3 rings (SSSR count). The van der Waals surface area contributed by atoms with Gasteiger partial charge in [-0.15, -0.1) is 0 Å². The van der Waals surface area contributed by atoms with E-state index in [-0.39, 0.29) is 0 Å². The van der Waals surface area contributed by atoms with Crippen LogP contribution in [-0.4, -0.2) is 9.55 Å². The number of halogens is 1. The standard InChI is InChI=1S/C15H17BrN2/c1-10-6-7-12(11(2)9-10)14-15(16)18-8-4-3-5-13(18)17-14/h6-7,9H,3-5,8H2,1-2H3. The lowest BCUT2D eigenvalue weighted by Gasteiger charge is -2.13. The molecular formula is C15H17BrN2. The summed E-state index contributed by atoms with van der Waals surface area (Å²) in [4.78, 5) is 4.83. The van der Waals surface area contributed by atoms with E-state index >= 15 is 0 Å². The average Bonchev–Trinajstić information content (AvgIpc) is 2.68. The summed E-state index contributed by atoms with van der Waals surface area (Å²) in [7, 11) is 0. The molecule has 0 unspecified atom stereocenters. The molecule has 18 heavy (non-hydrogen) atoms. The van der Waals surface area contributed by atoms with Crippen molar-refractivity contribution in [3.8, 4) is 11.3 Å². The zero-order valence-electron chi connectivity index (χ0n) is 10.8. The molecular weight excluding hydrogens is 288 g/mol. The number of benzene rings is 1. The van der Waals surface area contributed by atoms with E-state index in [1.165, 1.54) is 35.4 Å². The number of aryl methyl sites for hydroxylation is 3. The highest BCUT2D eigenvalue weighted by Crippen LogP contribution is 2.33. The lowest BCUT2D eigenvalue weighted by Crippen LogP contribution is -2.10. The Kier molecular flexibility index (Phi) is 3.02. The maximum absolute atomic E-state index is 4.83. The van der Waals surface area contributed by atoms with Gasteiger partial charge < -0.3 is 4.57 Å². The number of rotatable bonds is 1. The third-order valence-electron chi connectivity index (χ3n) is 3.65. The average molecular weight is 305 g/mol. The second-order valence-electron chi connectivity index (χ2n) is 5.09. The van der Waals surface area contributed by atoms with Crippen LogP contribution in [-0.2, 0) is 13.0 Å². The van der Waals surface area contributed by atoms with Crippen LogP contribution < -0.4 is 0 Å². The topological polar surface area (TPSA) is 17.8 Å². The van der Waals surface area contributed by atoms with Crippen molar-refractivity contribution in [1.29, 1.82) is 0 Å². The van der Waals surface area contributed by atoms with Crippen molar-refractivity contribution < 1.29 is 0 Å². The molecule has 0 bridgehead atoms. The fourth-order valence-electron chi connectivity index (χ4n) is 2.70. The van der Waals surface area contributed by atoms with Gasteiger partial charge in [0.05, 0.1) is 0 Å². The van der Waals surface area contributed by atoms with E-state index in [1.807, 2.05) is 0 Å². The van der Waals surface area contributed by atoms with Gasteiger partial charge in [-0.1, -0.05) is 23.8 Å². The summed E-state index contributed by atoms with van der Waals surface area (Å²) in [5, 5.41) is 0. The summed E-state index contributed by atoms with van der Waals surface area (Å²) >= 11 is 3.73. The molecule has 0 fully saturated rings. The molecule has 1 aliphatic rings. The lowest BCUT2D eigenvalue weighted by atomic mass is 10.0. The normalized spacial score (nSPS) is 14.6. The van der Waals surface area contributed by atoms with Crippen LogP contribution in [0.25, 0.3) is 11.3 Å². The molecule has 1 aromatic heterocycles. The minimum Gasteiger partial charge on any atom is -0.322 e. The third kappa shape index (κ3) is 1.91. The molecule has 2 heterocycles. The van der Waals surface area contributed by atoms with E-state index in [4.69, 9.17) is 4.98 Å². The largest absolute Gasteiger partial charge is 0.322 e. The van der Waals surface area contributed by atoms with Crippen LogP contribution in [0.2, 0.25) is 0 Å². The minimum atomic E-state index is 1.09. The summed E-state index contributed by atoms with van der Waals surface area (Å²) in [6.45, 7) is 5.38. The van der Waals surface area contributed by atoms with Gasteiger partial charge in [0.25, 0.3) is 0 Å². The van der Waals surface area contributed by atoms with Gasteiger partial charge in [-0.05, 0) is 48.2 Å². The van der Waals surface area contributed by atoms with Crippen molar-refractivity contribution in [2.45, 2.75) is 39.7 Å². The summed E-state index contributed by atoms with van der Waals surface area (Å²) < 4.78 is 3.46. The number of imidazole rings is 1. The second kappa shape index (κ2) is 4.54. The van der Waals surface area contributed by atoms with Crippen molar-refractivity contribution >= 4 is 15.9 Å². The molecule has 0 radical (unpaired) electrons. The van der Waals surface area contributed by atoms with Gasteiger partial charge in [0, 0.05) is 18.5 Å². The number of hydrogen-bond donors (Lipinski definition) is 0. The van der Waals surface area contributed by atoms with Crippen LogP contribution in [0.4, 0.5) is 0 Å². The van der Waals surface area contributed by atoms with E-state index in [0.717, 1.165) is 23.3 Å². The van der Waals surface area contributed by atoms with Gasteiger partial charge in [-0.25, -0.2) is 4.98 Å². The Balaban J connectivity index is 2.14. The Morgan fingerprint density at radius 1 is 1.22 bits per heavy atom. The van der Waals surface area contributed by atoms with Gasteiger partial charge in [-0.3, -0.25) is 0 Å². The highest BCUT2D eigenvalue weighted by atomic mass is 79.9. The predicted octanol–water partition coefficient (Wildman–Crippen LogP) is 4.27. The molecule has 0 saturated carbocycles. The maximum atomic E-state index is 4.83. The Morgan fingerprint density at radius 3 is 2.78 bits per heavy atom. The number of hydrogen-bond acceptors (Lipinski definition) is 1. The molecule has 0 amide bonds. The van der Waals surface area contributed by atoms with Crippen molar-refractivity contribution in [2.24, 2.45) is 0 Å². The Bertz CT molecular complexity index is 599. The highest BCUT2D eigenvalue weighted by Gasteiger charge is 2.19. The zero-order chi connectivity index (χ0) is 12.7. The van der Waals surface area contributed by atoms with Gasteiger partial charge in [0.2, 0.25) is 0 Å². The SMILES string of the molecule is Cc1ccc(-c2nc3n(c2Br)CCCC3)c(C)c1. The van der Waals surface area contributed by atoms with Crippen molar-refractivity contribution in [1.82, 2.24) is 9.55 Å². The van der Waals surface area contributed by atoms with Crippen LogP contribution in [0.3, 0.4) is 0 Å². The van der Waals surface area contributed by atoms with Crippen LogP contribution >= 0.6 is 15.9 Å².